The monoisotopic (exact) mass is 537 g/mol. The van der Waals surface area contributed by atoms with E-state index in [1.807, 2.05) is 85.1 Å². The number of carboxylic acids is 1. The third-order valence-electron chi connectivity index (χ3n) is 7.08. The Kier molecular flexibility index (Phi) is 7.93. The normalized spacial score (nSPS) is 13.5. The minimum atomic E-state index is -1.19. The Morgan fingerprint density at radius 3 is 1.80 bits per heavy atom. The molecule has 0 aliphatic heterocycles. The molecule has 0 spiro atoms. The van der Waals surface area contributed by atoms with Gasteiger partial charge in [-0.15, -0.1) is 0 Å². The summed E-state index contributed by atoms with van der Waals surface area (Å²) in [7, 11) is 0. The van der Waals surface area contributed by atoms with Gasteiger partial charge >= 0.3 is 5.97 Å². The molecule has 2 amide bonds. The number of benzene rings is 3. The van der Waals surface area contributed by atoms with E-state index in [4.69, 9.17) is 5.73 Å². The number of hydrogen-bond acceptors (Lipinski definition) is 4. The van der Waals surface area contributed by atoms with Gasteiger partial charge in [0, 0.05) is 47.0 Å². The van der Waals surface area contributed by atoms with Crippen LogP contribution in [0.1, 0.15) is 16.7 Å². The standard InChI is InChI=1S/C31H31N5O4/c32-24(15-20-17-33-25-12-6-4-10-22(20)25)29(37)35-27(14-19-8-2-1-3-9-19)30(38)36-28(31(39)40)16-21-18-34-26-13-7-5-11-23(21)26/h1-13,17-18,24,27-28,33-34H,14-16,32H2,(H,35,37)(H,36,38)(H,39,40)/t24-,27+,28-/m1/s1. The molecular weight excluding hydrogens is 506 g/mol. The summed E-state index contributed by atoms with van der Waals surface area (Å²) < 4.78 is 0. The lowest BCUT2D eigenvalue weighted by Crippen LogP contribution is -2.55. The minimum absolute atomic E-state index is 0.0805. The van der Waals surface area contributed by atoms with Crippen molar-refractivity contribution in [2.75, 3.05) is 0 Å². The molecule has 9 heteroatoms. The highest BCUT2D eigenvalue weighted by Crippen LogP contribution is 2.20. The third-order valence-corrected chi connectivity index (χ3v) is 7.08. The van der Waals surface area contributed by atoms with Gasteiger partial charge in [0.2, 0.25) is 11.8 Å². The van der Waals surface area contributed by atoms with E-state index in [9.17, 15) is 19.5 Å². The van der Waals surface area contributed by atoms with Gasteiger partial charge in [-0.2, -0.15) is 0 Å². The van der Waals surface area contributed by atoms with Gasteiger partial charge in [-0.3, -0.25) is 9.59 Å². The summed E-state index contributed by atoms with van der Waals surface area (Å²) in [5.74, 6) is -2.26. The first kappa shape index (κ1) is 26.7. The number of H-pyrrole nitrogens is 2. The lowest BCUT2D eigenvalue weighted by atomic mass is 10.0. The quantitative estimate of drug-likeness (QED) is 0.153. The number of para-hydroxylation sites is 2. The molecule has 0 unspecified atom stereocenters. The SMILES string of the molecule is N[C@H](Cc1c[nH]c2ccccc12)C(=O)N[C@@H](Cc1ccccc1)C(=O)N[C@H](Cc1c[nH]c2ccccc12)C(=O)O. The van der Waals surface area contributed by atoms with Gasteiger partial charge in [0.1, 0.15) is 12.1 Å². The summed E-state index contributed by atoms with van der Waals surface area (Å²) in [4.78, 5) is 45.1. The maximum Gasteiger partial charge on any atom is 0.326 e. The summed E-state index contributed by atoms with van der Waals surface area (Å²) >= 11 is 0. The summed E-state index contributed by atoms with van der Waals surface area (Å²) in [6.45, 7) is 0. The molecule has 0 bridgehead atoms. The number of amides is 2. The molecule has 5 aromatic rings. The Balaban J connectivity index is 1.31. The van der Waals surface area contributed by atoms with Crippen LogP contribution in [0.25, 0.3) is 21.8 Å². The van der Waals surface area contributed by atoms with Crippen LogP contribution in [0.3, 0.4) is 0 Å². The number of aliphatic carboxylic acids is 1. The fourth-order valence-electron chi connectivity index (χ4n) is 4.96. The van der Waals surface area contributed by atoms with Gasteiger partial charge < -0.3 is 31.4 Å². The molecule has 7 N–H and O–H groups in total. The van der Waals surface area contributed by atoms with Gasteiger partial charge in [-0.1, -0.05) is 66.7 Å². The smallest absolute Gasteiger partial charge is 0.326 e. The molecule has 0 aliphatic carbocycles. The van der Waals surface area contributed by atoms with Gasteiger partial charge in [0.05, 0.1) is 6.04 Å². The fraction of sp³-hybridized carbons (Fsp3) is 0.194. The first-order chi connectivity index (χ1) is 19.4. The molecule has 2 aromatic heterocycles. The first-order valence-corrected chi connectivity index (χ1v) is 13.1. The molecule has 0 saturated carbocycles. The molecule has 0 fully saturated rings. The third kappa shape index (κ3) is 6.05. The number of carbonyl (C=O) groups excluding carboxylic acids is 2. The molecule has 9 nitrogen and oxygen atoms in total. The first-order valence-electron chi connectivity index (χ1n) is 13.1. The van der Waals surface area contributed by atoms with Gasteiger partial charge in [-0.25, -0.2) is 4.79 Å². The Bertz CT molecular complexity index is 1640. The van der Waals surface area contributed by atoms with Crippen LogP contribution in [0.2, 0.25) is 0 Å². The minimum Gasteiger partial charge on any atom is -0.480 e. The van der Waals surface area contributed by atoms with Crippen LogP contribution in [-0.2, 0) is 33.6 Å². The summed E-state index contributed by atoms with van der Waals surface area (Å²) in [6.07, 6.45) is 4.11. The van der Waals surface area contributed by atoms with Crippen molar-refractivity contribution in [3.63, 3.8) is 0 Å². The number of aromatic amines is 2. The average molecular weight is 538 g/mol. The van der Waals surface area contributed by atoms with Crippen molar-refractivity contribution in [3.8, 4) is 0 Å². The van der Waals surface area contributed by atoms with Crippen molar-refractivity contribution in [2.24, 2.45) is 5.73 Å². The number of carbonyl (C=O) groups is 3. The summed E-state index contributed by atoms with van der Waals surface area (Å²) in [5, 5.41) is 17.2. The lowest BCUT2D eigenvalue weighted by molar-refractivity contribution is -0.142. The van der Waals surface area contributed by atoms with E-state index in [0.717, 1.165) is 38.5 Å². The van der Waals surface area contributed by atoms with Crippen LogP contribution in [0.5, 0.6) is 0 Å². The van der Waals surface area contributed by atoms with Crippen molar-refractivity contribution in [2.45, 2.75) is 37.4 Å². The molecule has 0 radical (unpaired) electrons. The molecule has 204 valence electrons. The number of rotatable bonds is 11. The van der Waals surface area contributed by atoms with Crippen LogP contribution < -0.4 is 16.4 Å². The average Bonchev–Trinajstić information content (AvgIpc) is 3.57. The van der Waals surface area contributed by atoms with Gasteiger partial charge in [0.15, 0.2) is 0 Å². The van der Waals surface area contributed by atoms with Crippen LogP contribution in [-0.4, -0.2) is 51.0 Å². The van der Waals surface area contributed by atoms with E-state index >= 15 is 0 Å². The van der Waals surface area contributed by atoms with Crippen molar-refractivity contribution in [1.29, 1.82) is 0 Å². The van der Waals surface area contributed by atoms with E-state index in [1.54, 1.807) is 6.20 Å². The van der Waals surface area contributed by atoms with Crippen LogP contribution in [0, 0.1) is 0 Å². The predicted molar refractivity (Wildman–Crippen MR) is 154 cm³/mol. The second kappa shape index (κ2) is 11.9. The number of nitrogens with one attached hydrogen (secondary N) is 4. The maximum absolute atomic E-state index is 13.5. The van der Waals surface area contributed by atoms with Crippen LogP contribution in [0.4, 0.5) is 0 Å². The second-order valence-electron chi connectivity index (χ2n) is 9.88. The Labute approximate surface area is 230 Å². The van der Waals surface area contributed by atoms with Crippen LogP contribution >= 0.6 is 0 Å². The molecule has 5 rings (SSSR count). The molecule has 0 saturated heterocycles. The van der Waals surface area contributed by atoms with E-state index in [2.05, 4.69) is 20.6 Å². The number of fused-ring (bicyclic) bond motifs is 2. The Morgan fingerprint density at radius 1 is 0.675 bits per heavy atom. The zero-order chi connectivity index (χ0) is 28.1. The van der Waals surface area contributed by atoms with E-state index in [1.165, 1.54) is 0 Å². The molecule has 3 aromatic carbocycles. The van der Waals surface area contributed by atoms with Crippen LogP contribution in [0.15, 0.2) is 91.3 Å². The summed E-state index contributed by atoms with van der Waals surface area (Å²) in [5.41, 5.74) is 10.6. The number of hydrogen-bond donors (Lipinski definition) is 6. The molecule has 0 aliphatic rings. The molecule has 40 heavy (non-hydrogen) atoms. The van der Waals surface area contributed by atoms with Crippen molar-refractivity contribution >= 4 is 39.6 Å². The highest BCUT2D eigenvalue weighted by Gasteiger charge is 2.29. The van der Waals surface area contributed by atoms with Gasteiger partial charge in [-0.05, 0) is 35.2 Å². The largest absolute Gasteiger partial charge is 0.480 e. The molecule has 2 heterocycles. The Morgan fingerprint density at radius 2 is 1.20 bits per heavy atom. The second-order valence-corrected chi connectivity index (χ2v) is 9.88. The number of nitrogens with two attached hydrogens (primary N) is 1. The Hall–Kier alpha value is -4.89. The maximum atomic E-state index is 13.5. The molecule has 3 atom stereocenters. The topological polar surface area (TPSA) is 153 Å². The predicted octanol–water partition coefficient (Wildman–Crippen LogP) is 3.06. The highest BCUT2D eigenvalue weighted by atomic mass is 16.4. The van der Waals surface area contributed by atoms with E-state index in [0.29, 0.717) is 0 Å². The molecular formula is C31H31N5O4. The zero-order valence-electron chi connectivity index (χ0n) is 21.8. The fourth-order valence-corrected chi connectivity index (χ4v) is 4.96. The number of carboxylic acid groups (broad SMARTS) is 1. The highest BCUT2D eigenvalue weighted by molar-refractivity contribution is 5.93. The van der Waals surface area contributed by atoms with Gasteiger partial charge in [0.25, 0.3) is 0 Å². The zero-order valence-corrected chi connectivity index (χ0v) is 21.8. The van der Waals surface area contributed by atoms with Crippen molar-refractivity contribution in [3.05, 3.63) is 108 Å². The van der Waals surface area contributed by atoms with E-state index < -0.39 is 35.9 Å². The van der Waals surface area contributed by atoms with E-state index in [-0.39, 0.29) is 19.3 Å². The van der Waals surface area contributed by atoms with Crippen molar-refractivity contribution in [1.82, 2.24) is 20.6 Å². The summed E-state index contributed by atoms with van der Waals surface area (Å²) in [6, 6.07) is 21.4. The van der Waals surface area contributed by atoms with Crippen molar-refractivity contribution < 1.29 is 19.5 Å². The lowest BCUT2D eigenvalue weighted by Gasteiger charge is -2.23. The number of aromatic nitrogens is 2.